The predicted octanol–water partition coefficient (Wildman–Crippen LogP) is 2.39. The molecule has 0 aliphatic heterocycles. The first-order valence-corrected chi connectivity index (χ1v) is 5.15. The van der Waals surface area contributed by atoms with Gasteiger partial charge in [-0.3, -0.25) is 0 Å². The molecule has 0 saturated carbocycles. The summed E-state index contributed by atoms with van der Waals surface area (Å²) in [6.07, 6.45) is 7.64. The van der Waals surface area contributed by atoms with Gasteiger partial charge in [-0.1, -0.05) is 37.6 Å². The highest BCUT2D eigenvalue weighted by molar-refractivity contribution is 5.24. The Morgan fingerprint density at radius 3 is 2.86 bits per heavy atom. The fraction of sp³-hybridized carbons (Fsp3) is 0.583. The minimum atomic E-state index is 0.134. The lowest BCUT2D eigenvalue weighted by atomic mass is 9.81. The molecule has 2 N–H and O–H groups in total. The second kappa shape index (κ2) is 4.97. The van der Waals surface area contributed by atoms with Gasteiger partial charge in [0.1, 0.15) is 0 Å². The van der Waals surface area contributed by atoms with E-state index in [1.807, 2.05) is 12.2 Å². The molecule has 2 atom stereocenters. The van der Waals surface area contributed by atoms with Crippen LogP contribution in [0.5, 0.6) is 0 Å². The number of nitrogens with two attached hydrogens (primary N) is 1. The van der Waals surface area contributed by atoms with Crippen molar-refractivity contribution in [3.63, 3.8) is 0 Å². The van der Waals surface area contributed by atoms with Gasteiger partial charge in [0.15, 0.2) is 0 Å². The molecule has 0 amide bonds. The zero-order valence-corrected chi connectivity index (χ0v) is 8.90. The van der Waals surface area contributed by atoms with Crippen molar-refractivity contribution in [3.8, 4) is 6.07 Å². The quantitative estimate of drug-likeness (QED) is 0.742. The summed E-state index contributed by atoms with van der Waals surface area (Å²) in [5, 5.41) is 8.76. The molecule has 76 valence electrons. The fourth-order valence-corrected chi connectivity index (χ4v) is 1.90. The Bertz CT molecular complexity index is 281. The summed E-state index contributed by atoms with van der Waals surface area (Å²) in [5.74, 6) is 0.885. The number of hydrogen-bond acceptors (Lipinski definition) is 2. The van der Waals surface area contributed by atoms with Crippen LogP contribution in [0.1, 0.15) is 26.7 Å². The van der Waals surface area contributed by atoms with Crippen LogP contribution in [0.2, 0.25) is 0 Å². The van der Waals surface area contributed by atoms with Crippen LogP contribution in [0.3, 0.4) is 0 Å². The first-order chi connectivity index (χ1) is 6.65. The third-order valence-corrected chi connectivity index (χ3v) is 2.73. The molecular weight excluding hydrogens is 172 g/mol. The Morgan fingerprint density at radius 1 is 1.64 bits per heavy atom. The van der Waals surface area contributed by atoms with Gasteiger partial charge in [0.25, 0.3) is 0 Å². The van der Waals surface area contributed by atoms with Crippen LogP contribution in [0.25, 0.3) is 0 Å². The van der Waals surface area contributed by atoms with Gasteiger partial charge in [0.2, 0.25) is 0 Å². The van der Waals surface area contributed by atoms with Crippen LogP contribution in [-0.2, 0) is 0 Å². The topological polar surface area (TPSA) is 49.8 Å². The van der Waals surface area contributed by atoms with Gasteiger partial charge in [-0.15, -0.1) is 0 Å². The molecule has 2 heteroatoms. The Morgan fingerprint density at radius 2 is 2.36 bits per heavy atom. The minimum Gasteiger partial charge on any atom is -0.324 e. The highest BCUT2D eigenvalue weighted by Crippen LogP contribution is 2.28. The number of hydrogen-bond donors (Lipinski definition) is 1. The maximum absolute atomic E-state index is 8.76. The third-order valence-electron chi connectivity index (χ3n) is 2.73. The smallest absolute Gasteiger partial charge is 0.0628 e. The van der Waals surface area contributed by atoms with E-state index in [4.69, 9.17) is 11.0 Å². The summed E-state index contributed by atoms with van der Waals surface area (Å²) < 4.78 is 0. The SMILES string of the molecule is CC(C)C(CC#N)C1=CC=CC(N)C1. The Balaban J connectivity index is 2.74. The maximum Gasteiger partial charge on any atom is 0.0628 e. The molecule has 1 aliphatic rings. The minimum absolute atomic E-state index is 0.134. The van der Waals surface area contributed by atoms with E-state index in [2.05, 4.69) is 26.0 Å². The number of rotatable bonds is 3. The summed E-state index contributed by atoms with van der Waals surface area (Å²) in [6, 6.07) is 2.39. The largest absolute Gasteiger partial charge is 0.324 e. The first kappa shape index (κ1) is 11.0. The lowest BCUT2D eigenvalue weighted by Crippen LogP contribution is -2.23. The molecule has 14 heavy (non-hydrogen) atoms. The van der Waals surface area contributed by atoms with Crippen LogP contribution < -0.4 is 5.73 Å². The second-order valence-corrected chi connectivity index (χ2v) is 4.21. The van der Waals surface area contributed by atoms with Crippen molar-refractivity contribution >= 4 is 0 Å². The molecule has 0 aromatic rings. The van der Waals surface area contributed by atoms with Gasteiger partial charge in [-0.2, -0.15) is 5.26 Å². The molecule has 1 rings (SSSR count). The lowest BCUT2D eigenvalue weighted by Gasteiger charge is -2.24. The summed E-state index contributed by atoms with van der Waals surface area (Å²) in [5.41, 5.74) is 7.18. The van der Waals surface area contributed by atoms with Gasteiger partial charge in [0.05, 0.1) is 6.07 Å². The molecule has 2 nitrogen and oxygen atoms in total. The van der Waals surface area contributed by atoms with Gasteiger partial charge < -0.3 is 5.73 Å². The van der Waals surface area contributed by atoms with E-state index in [1.165, 1.54) is 5.57 Å². The van der Waals surface area contributed by atoms with Crippen LogP contribution in [0.4, 0.5) is 0 Å². The Hall–Kier alpha value is -1.07. The molecule has 0 aromatic carbocycles. The van der Waals surface area contributed by atoms with E-state index in [-0.39, 0.29) is 6.04 Å². The average Bonchev–Trinajstić information content (AvgIpc) is 2.13. The van der Waals surface area contributed by atoms with E-state index in [0.29, 0.717) is 18.3 Å². The van der Waals surface area contributed by atoms with E-state index in [9.17, 15) is 0 Å². The van der Waals surface area contributed by atoms with E-state index in [1.54, 1.807) is 0 Å². The van der Waals surface area contributed by atoms with Crippen molar-refractivity contribution in [2.45, 2.75) is 32.7 Å². The maximum atomic E-state index is 8.76. The van der Waals surface area contributed by atoms with Crippen molar-refractivity contribution in [2.24, 2.45) is 17.6 Å². The molecule has 0 heterocycles. The number of nitrogens with zero attached hydrogens (tertiary/aromatic N) is 1. The van der Waals surface area contributed by atoms with Crippen molar-refractivity contribution in [3.05, 3.63) is 23.8 Å². The fourth-order valence-electron chi connectivity index (χ4n) is 1.90. The Kier molecular flexibility index (Phi) is 3.91. The van der Waals surface area contributed by atoms with E-state index >= 15 is 0 Å². The standard InChI is InChI=1S/C12H18N2/c1-9(2)12(6-7-13)10-4-3-5-11(14)8-10/h3-5,9,11-12H,6,8,14H2,1-2H3. The lowest BCUT2D eigenvalue weighted by molar-refractivity contribution is 0.433. The van der Waals surface area contributed by atoms with Crippen molar-refractivity contribution in [1.29, 1.82) is 5.26 Å². The summed E-state index contributed by atoms with van der Waals surface area (Å²) in [7, 11) is 0. The van der Waals surface area contributed by atoms with Crippen molar-refractivity contribution in [2.75, 3.05) is 0 Å². The van der Waals surface area contributed by atoms with E-state index < -0.39 is 0 Å². The molecule has 0 saturated heterocycles. The molecule has 0 bridgehead atoms. The Labute approximate surface area is 86.1 Å². The van der Waals surface area contributed by atoms with Gasteiger partial charge >= 0.3 is 0 Å². The number of allylic oxidation sites excluding steroid dienone is 2. The summed E-state index contributed by atoms with van der Waals surface area (Å²) in [6.45, 7) is 4.32. The zero-order valence-electron chi connectivity index (χ0n) is 8.90. The third kappa shape index (κ3) is 2.71. The number of nitriles is 1. The van der Waals surface area contributed by atoms with Crippen LogP contribution in [0.15, 0.2) is 23.8 Å². The normalized spacial score (nSPS) is 23.1. The van der Waals surface area contributed by atoms with Crippen LogP contribution in [0, 0.1) is 23.2 Å². The molecule has 1 aliphatic carbocycles. The summed E-state index contributed by atoms with van der Waals surface area (Å²) in [4.78, 5) is 0. The van der Waals surface area contributed by atoms with Crippen LogP contribution in [-0.4, -0.2) is 6.04 Å². The monoisotopic (exact) mass is 190 g/mol. The first-order valence-electron chi connectivity index (χ1n) is 5.15. The van der Waals surface area contributed by atoms with Gasteiger partial charge in [0, 0.05) is 12.5 Å². The highest BCUT2D eigenvalue weighted by atomic mass is 14.6. The van der Waals surface area contributed by atoms with Crippen LogP contribution >= 0.6 is 0 Å². The summed E-state index contributed by atoms with van der Waals surface area (Å²) >= 11 is 0. The average molecular weight is 190 g/mol. The molecule has 0 radical (unpaired) electrons. The molecule has 0 fully saturated rings. The molecule has 0 aromatic heterocycles. The van der Waals surface area contributed by atoms with Gasteiger partial charge in [-0.05, 0) is 18.3 Å². The zero-order chi connectivity index (χ0) is 10.6. The molecule has 0 spiro atoms. The van der Waals surface area contributed by atoms with E-state index in [0.717, 1.165) is 6.42 Å². The molecule has 2 unspecified atom stereocenters. The van der Waals surface area contributed by atoms with Gasteiger partial charge in [-0.25, -0.2) is 0 Å². The predicted molar refractivity (Wildman–Crippen MR) is 58.4 cm³/mol. The molecular formula is C12H18N2. The van der Waals surface area contributed by atoms with Crippen molar-refractivity contribution in [1.82, 2.24) is 0 Å². The second-order valence-electron chi connectivity index (χ2n) is 4.21. The van der Waals surface area contributed by atoms with Crippen molar-refractivity contribution < 1.29 is 0 Å². The highest BCUT2D eigenvalue weighted by Gasteiger charge is 2.20.